The molecule has 0 spiro atoms. The van der Waals surface area contributed by atoms with Gasteiger partial charge in [0, 0.05) is 13.1 Å². The number of nitrogens with one attached hydrogen (secondary N) is 2. The first kappa shape index (κ1) is 12.9. The van der Waals surface area contributed by atoms with E-state index in [-0.39, 0.29) is 5.75 Å². The fourth-order valence-corrected chi connectivity index (χ4v) is 3.07. The lowest BCUT2D eigenvalue weighted by molar-refractivity contribution is 0.495. The molecular formula is C10H22N2O2S. The van der Waals surface area contributed by atoms with Crippen LogP contribution in [-0.2, 0) is 10.0 Å². The third-order valence-corrected chi connectivity index (χ3v) is 4.36. The van der Waals surface area contributed by atoms with Crippen molar-refractivity contribution in [2.24, 2.45) is 5.92 Å². The molecule has 0 radical (unpaired) electrons. The first-order chi connectivity index (χ1) is 7.14. The van der Waals surface area contributed by atoms with Gasteiger partial charge in [0.15, 0.2) is 0 Å². The molecule has 1 fully saturated rings. The third-order valence-electron chi connectivity index (χ3n) is 2.97. The highest BCUT2D eigenvalue weighted by Gasteiger charge is 2.15. The minimum atomic E-state index is -3.05. The fourth-order valence-electron chi connectivity index (χ4n) is 2.03. The van der Waals surface area contributed by atoms with Crippen LogP contribution < -0.4 is 10.0 Å². The summed E-state index contributed by atoms with van der Waals surface area (Å²) >= 11 is 0. The Labute approximate surface area is 92.9 Å². The van der Waals surface area contributed by atoms with Crippen molar-refractivity contribution in [1.29, 1.82) is 0 Å². The first-order valence-electron chi connectivity index (χ1n) is 5.76. The van der Waals surface area contributed by atoms with Gasteiger partial charge in [-0.2, -0.15) is 0 Å². The van der Waals surface area contributed by atoms with Crippen molar-refractivity contribution >= 4 is 10.0 Å². The van der Waals surface area contributed by atoms with Crippen LogP contribution in [0.5, 0.6) is 0 Å². The van der Waals surface area contributed by atoms with E-state index in [4.69, 9.17) is 0 Å². The highest BCUT2D eigenvalue weighted by Crippen LogP contribution is 2.26. The van der Waals surface area contributed by atoms with Gasteiger partial charge in [-0.05, 0) is 19.4 Å². The van der Waals surface area contributed by atoms with Gasteiger partial charge in [-0.25, -0.2) is 13.1 Å². The Bertz CT molecular complexity index is 259. The molecule has 1 rings (SSSR count). The van der Waals surface area contributed by atoms with Gasteiger partial charge in [-0.15, -0.1) is 0 Å². The summed E-state index contributed by atoms with van der Waals surface area (Å²) in [6, 6.07) is 0. The van der Waals surface area contributed by atoms with Crippen LogP contribution in [0.1, 0.15) is 32.1 Å². The van der Waals surface area contributed by atoms with Gasteiger partial charge in [0.25, 0.3) is 0 Å². The van der Waals surface area contributed by atoms with Gasteiger partial charge in [0.1, 0.15) is 0 Å². The lowest BCUT2D eigenvalue weighted by atomic mass is 10.1. The van der Waals surface area contributed by atoms with Crippen LogP contribution >= 0.6 is 0 Å². The second-order valence-corrected chi connectivity index (χ2v) is 6.18. The maximum atomic E-state index is 11.4. The van der Waals surface area contributed by atoms with Crippen LogP contribution in [0.25, 0.3) is 0 Å². The average molecular weight is 234 g/mol. The SMILES string of the molecule is CNCCS(=O)(=O)NCCC1CCCC1. The second kappa shape index (κ2) is 6.45. The highest BCUT2D eigenvalue weighted by molar-refractivity contribution is 7.89. The Hall–Kier alpha value is -0.130. The molecule has 1 aliphatic carbocycles. The molecule has 0 aromatic heterocycles. The van der Waals surface area contributed by atoms with Crippen LogP contribution in [0.4, 0.5) is 0 Å². The standard InChI is InChI=1S/C10H22N2O2S/c1-11-8-9-15(13,14)12-7-6-10-4-2-3-5-10/h10-12H,2-9H2,1H3. The Kier molecular flexibility index (Phi) is 5.56. The minimum Gasteiger partial charge on any atom is -0.319 e. The normalized spacial score (nSPS) is 18.5. The molecule has 4 nitrogen and oxygen atoms in total. The molecule has 0 heterocycles. The summed E-state index contributed by atoms with van der Waals surface area (Å²) in [5.41, 5.74) is 0. The fraction of sp³-hybridized carbons (Fsp3) is 1.00. The Balaban J connectivity index is 2.12. The first-order valence-corrected chi connectivity index (χ1v) is 7.41. The van der Waals surface area contributed by atoms with Crippen molar-refractivity contribution in [3.63, 3.8) is 0 Å². The number of hydrogen-bond acceptors (Lipinski definition) is 3. The molecule has 0 unspecified atom stereocenters. The van der Waals surface area contributed by atoms with Crippen LogP contribution in [-0.4, -0.2) is 34.3 Å². The molecule has 1 aliphatic rings. The summed E-state index contributed by atoms with van der Waals surface area (Å²) in [4.78, 5) is 0. The molecular weight excluding hydrogens is 212 g/mol. The van der Waals surface area contributed by atoms with Gasteiger partial charge >= 0.3 is 0 Å². The van der Waals surface area contributed by atoms with Gasteiger partial charge in [-0.1, -0.05) is 25.7 Å². The Morgan fingerprint density at radius 2 is 1.87 bits per heavy atom. The molecule has 5 heteroatoms. The summed E-state index contributed by atoms with van der Waals surface area (Å²) in [6.45, 7) is 1.12. The van der Waals surface area contributed by atoms with Gasteiger partial charge in [0.2, 0.25) is 10.0 Å². The van der Waals surface area contributed by atoms with E-state index >= 15 is 0 Å². The lowest BCUT2D eigenvalue weighted by Gasteiger charge is -2.10. The Morgan fingerprint density at radius 1 is 1.20 bits per heavy atom. The van der Waals surface area contributed by atoms with Crippen LogP contribution in [0.2, 0.25) is 0 Å². The van der Waals surface area contributed by atoms with E-state index in [1.807, 2.05) is 0 Å². The molecule has 1 saturated carbocycles. The minimum absolute atomic E-state index is 0.175. The van der Waals surface area contributed by atoms with E-state index in [1.54, 1.807) is 7.05 Å². The molecule has 0 aromatic carbocycles. The summed E-state index contributed by atoms with van der Waals surface area (Å²) in [6.07, 6.45) is 6.18. The van der Waals surface area contributed by atoms with Crippen molar-refractivity contribution in [3.05, 3.63) is 0 Å². The van der Waals surface area contributed by atoms with Crippen molar-refractivity contribution in [2.75, 3.05) is 25.9 Å². The van der Waals surface area contributed by atoms with Gasteiger partial charge in [0.05, 0.1) is 5.75 Å². The van der Waals surface area contributed by atoms with Crippen LogP contribution in [0, 0.1) is 5.92 Å². The predicted molar refractivity (Wildman–Crippen MR) is 62.3 cm³/mol. The average Bonchev–Trinajstić information content (AvgIpc) is 2.67. The van der Waals surface area contributed by atoms with Crippen molar-refractivity contribution in [1.82, 2.24) is 10.0 Å². The molecule has 0 atom stereocenters. The molecule has 0 aromatic rings. The molecule has 15 heavy (non-hydrogen) atoms. The van der Waals surface area contributed by atoms with Crippen LogP contribution in [0.15, 0.2) is 0 Å². The van der Waals surface area contributed by atoms with Crippen LogP contribution in [0.3, 0.4) is 0 Å². The summed E-state index contributed by atoms with van der Waals surface area (Å²) in [5.74, 6) is 0.922. The summed E-state index contributed by atoms with van der Waals surface area (Å²) in [7, 11) is -1.29. The number of sulfonamides is 1. The van der Waals surface area contributed by atoms with E-state index in [9.17, 15) is 8.42 Å². The number of hydrogen-bond donors (Lipinski definition) is 2. The lowest BCUT2D eigenvalue weighted by Crippen LogP contribution is -2.32. The predicted octanol–water partition coefficient (Wildman–Crippen LogP) is 0.705. The maximum Gasteiger partial charge on any atom is 0.212 e. The van der Waals surface area contributed by atoms with Crippen molar-refractivity contribution < 1.29 is 8.42 Å². The number of rotatable bonds is 7. The molecule has 2 N–H and O–H groups in total. The molecule has 90 valence electrons. The van der Waals surface area contributed by atoms with E-state index in [1.165, 1.54) is 25.7 Å². The molecule has 0 amide bonds. The topological polar surface area (TPSA) is 58.2 Å². The maximum absolute atomic E-state index is 11.4. The highest BCUT2D eigenvalue weighted by atomic mass is 32.2. The monoisotopic (exact) mass is 234 g/mol. The van der Waals surface area contributed by atoms with E-state index in [0.717, 1.165) is 12.3 Å². The van der Waals surface area contributed by atoms with Gasteiger partial charge in [-0.3, -0.25) is 0 Å². The molecule has 0 bridgehead atoms. The van der Waals surface area contributed by atoms with E-state index in [0.29, 0.717) is 13.1 Å². The zero-order valence-corrected chi connectivity index (χ0v) is 10.3. The zero-order chi connectivity index (χ0) is 11.1. The zero-order valence-electron chi connectivity index (χ0n) is 9.46. The van der Waals surface area contributed by atoms with Gasteiger partial charge < -0.3 is 5.32 Å². The smallest absolute Gasteiger partial charge is 0.212 e. The Morgan fingerprint density at radius 3 is 2.47 bits per heavy atom. The largest absolute Gasteiger partial charge is 0.319 e. The molecule has 0 aliphatic heterocycles. The third kappa shape index (κ3) is 5.49. The van der Waals surface area contributed by atoms with E-state index in [2.05, 4.69) is 10.0 Å². The quantitative estimate of drug-likeness (QED) is 0.682. The second-order valence-electron chi connectivity index (χ2n) is 4.26. The van der Waals surface area contributed by atoms with Crippen molar-refractivity contribution in [3.8, 4) is 0 Å². The molecule has 0 saturated heterocycles. The van der Waals surface area contributed by atoms with Crippen molar-refractivity contribution in [2.45, 2.75) is 32.1 Å². The van der Waals surface area contributed by atoms with E-state index < -0.39 is 10.0 Å². The summed E-state index contributed by atoms with van der Waals surface area (Å²) in [5, 5.41) is 2.84. The summed E-state index contributed by atoms with van der Waals surface area (Å²) < 4.78 is 25.5.